The summed E-state index contributed by atoms with van der Waals surface area (Å²) in [5, 5.41) is 3.31. The Morgan fingerprint density at radius 2 is 1.83 bits per heavy atom. The smallest absolute Gasteiger partial charge is 0.0661 e. The van der Waals surface area contributed by atoms with Crippen molar-refractivity contribution in [2.45, 2.75) is 45.6 Å². The highest BCUT2D eigenvalue weighted by molar-refractivity contribution is 5.24. The highest BCUT2D eigenvalue weighted by Gasteiger charge is 2.08. The molecule has 18 heavy (non-hydrogen) atoms. The SMILES string of the molecule is CCCCCCOCC(NC)c1ccc(C)cc1. The molecule has 102 valence electrons. The Morgan fingerprint density at radius 3 is 2.44 bits per heavy atom. The molecule has 0 amide bonds. The third-order valence-corrected chi connectivity index (χ3v) is 3.25. The van der Waals surface area contributed by atoms with Crippen molar-refractivity contribution in [1.82, 2.24) is 5.32 Å². The highest BCUT2D eigenvalue weighted by atomic mass is 16.5. The van der Waals surface area contributed by atoms with Crippen molar-refractivity contribution in [3.8, 4) is 0 Å². The first-order valence-corrected chi connectivity index (χ1v) is 7.09. The Labute approximate surface area is 112 Å². The second-order valence-corrected chi connectivity index (χ2v) is 4.89. The minimum atomic E-state index is 0.303. The average molecular weight is 249 g/mol. The van der Waals surface area contributed by atoms with Crippen LogP contribution in [0.25, 0.3) is 0 Å². The van der Waals surface area contributed by atoms with Crippen molar-refractivity contribution < 1.29 is 4.74 Å². The summed E-state index contributed by atoms with van der Waals surface area (Å²) >= 11 is 0. The van der Waals surface area contributed by atoms with Crippen molar-refractivity contribution in [2.24, 2.45) is 0 Å². The van der Waals surface area contributed by atoms with E-state index in [9.17, 15) is 0 Å². The predicted octanol–water partition coefficient (Wildman–Crippen LogP) is 3.85. The van der Waals surface area contributed by atoms with Crippen LogP contribution in [-0.4, -0.2) is 20.3 Å². The van der Waals surface area contributed by atoms with E-state index in [0.717, 1.165) is 13.2 Å². The van der Waals surface area contributed by atoms with Crippen LogP contribution in [0.4, 0.5) is 0 Å². The number of rotatable bonds is 9. The van der Waals surface area contributed by atoms with E-state index in [2.05, 4.69) is 43.4 Å². The molecule has 0 aliphatic heterocycles. The minimum Gasteiger partial charge on any atom is -0.379 e. The van der Waals surface area contributed by atoms with Gasteiger partial charge in [0.15, 0.2) is 0 Å². The van der Waals surface area contributed by atoms with Crippen LogP contribution in [0.1, 0.15) is 49.8 Å². The summed E-state index contributed by atoms with van der Waals surface area (Å²) in [6, 6.07) is 8.96. The minimum absolute atomic E-state index is 0.303. The van der Waals surface area contributed by atoms with Gasteiger partial charge in [-0.3, -0.25) is 0 Å². The van der Waals surface area contributed by atoms with Gasteiger partial charge in [0.05, 0.1) is 12.6 Å². The number of hydrogen-bond acceptors (Lipinski definition) is 2. The summed E-state index contributed by atoms with van der Waals surface area (Å²) in [7, 11) is 1.99. The van der Waals surface area contributed by atoms with E-state index < -0.39 is 0 Å². The van der Waals surface area contributed by atoms with Gasteiger partial charge in [-0.05, 0) is 26.0 Å². The van der Waals surface area contributed by atoms with Crippen molar-refractivity contribution in [1.29, 1.82) is 0 Å². The molecule has 1 aromatic rings. The molecule has 0 spiro atoms. The zero-order valence-electron chi connectivity index (χ0n) is 12.0. The Balaban J connectivity index is 2.27. The monoisotopic (exact) mass is 249 g/mol. The molecule has 0 aromatic heterocycles. The molecule has 1 N–H and O–H groups in total. The Hall–Kier alpha value is -0.860. The fourth-order valence-electron chi connectivity index (χ4n) is 1.98. The molecule has 0 heterocycles. The van der Waals surface area contributed by atoms with Crippen LogP contribution in [0.2, 0.25) is 0 Å². The van der Waals surface area contributed by atoms with Crippen LogP contribution < -0.4 is 5.32 Å². The maximum atomic E-state index is 5.76. The maximum absolute atomic E-state index is 5.76. The van der Waals surface area contributed by atoms with E-state index in [1.165, 1.54) is 36.8 Å². The molecule has 0 aliphatic rings. The summed E-state index contributed by atoms with van der Waals surface area (Å²) < 4.78 is 5.76. The fourth-order valence-corrected chi connectivity index (χ4v) is 1.98. The van der Waals surface area contributed by atoms with E-state index in [1.54, 1.807) is 0 Å². The summed E-state index contributed by atoms with van der Waals surface area (Å²) in [6.07, 6.45) is 5.06. The van der Waals surface area contributed by atoms with Crippen molar-refractivity contribution >= 4 is 0 Å². The van der Waals surface area contributed by atoms with Crippen molar-refractivity contribution in [3.05, 3.63) is 35.4 Å². The van der Waals surface area contributed by atoms with Gasteiger partial charge in [0.2, 0.25) is 0 Å². The molecule has 1 aromatic carbocycles. The molecule has 0 radical (unpaired) electrons. The number of hydrogen-bond donors (Lipinski definition) is 1. The molecular formula is C16H27NO. The van der Waals surface area contributed by atoms with Gasteiger partial charge in [-0.15, -0.1) is 0 Å². The molecule has 0 saturated heterocycles. The molecule has 1 unspecified atom stereocenters. The third-order valence-electron chi connectivity index (χ3n) is 3.25. The third kappa shape index (κ3) is 5.65. The highest BCUT2D eigenvalue weighted by Crippen LogP contribution is 2.14. The van der Waals surface area contributed by atoms with Gasteiger partial charge >= 0.3 is 0 Å². The molecule has 0 fully saturated rings. The summed E-state index contributed by atoms with van der Waals surface area (Å²) in [4.78, 5) is 0. The number of nitrogens with one attached hydrogen (secondary N) is 1. The van der Waals surface area contributed by atoms with Crippen molar-refractivity contribution in [2.75, 3.05) is 20.3 Å². The van der Waals surface area contributed by atoms with E-state index >= 15 is 0 Å². The van der Waals surface area contributed by atoms with Crippen LogP contribution in [-0.2, 0) is 4.74 Å². The lowest BCUT2D eigenvalue weighted by molar-refractivity contribution is 0.110. The number of ether oxygens (including phenoxy) is 1. The van der Waals surface area contributed by atoms with E-state index in [1.807, 2.05) is 7.05 Å². The average Bonchev–Trinajstić information content (AvgIpc) is 2.39. The van der Waals surface area contributed by atoms with Gasteiger partial charge in [-0.2, -0.15) is 0 Å². The number of unbranched alkanes of at least 4 members (excludes halogenated alkanes) is 3. The molecule has 0 bridgehead atoms. The number of benzene rings is 1. The van der Waals surface area contributed by atoms with Crippen LogP contribution >= 0.6 is 0 Å². The number of aryl methyl sites for hydroxylation is 1. The molecule has 1 rings (SSSR count). The van der Waals surface area contributed by atoms with Crippen molar-refractivity contribution in [3.63, 3.8) is 0 Å². The van der Waals surface area contributed by atoms with Gasteiger partial charge in [0.25, 0.3) is 0 Å². The summed E-state index contributed by atoms with van der Waals surface area (Å²) in [5.41, 5.74) is 2.60. The van der Waals surface area contributed by atoms with Gasteiger partial charge in [0.1, 0.15) is 0 Å². The van der Waals surface area contributed by atoms with Crippen LogP contribution in [0, 0.1) is 6.92 Å². The standard InChI is InChI=1S/C16H27NO/c1-4-5-6-7-12-18-13-16(17-3)15-10-8-14(2)9-11-15/h8-11,16-17H,4-7,12-13H2,1-3H3. The topological polar surface area (TPSA) is 21.3 Å². The molecule has 0 saturated carbocycles. The molecular weight excluding hydrogens is 222 g/mol. The molecule has 2 heteroatoms. The van der Waals surface area contributed by atoms with Crippen LogP contribution in [0.3, 0.4) is 0 Å². The second kappa shape index (κ2) is 9.12. The summed E-state index contributed by atoms with van der Waals surface area (Å²) in [6.45, 7) is 5.98. The second-order valence-electron chi connectivity index (χ2n) is 4.89. The Morgan fingerprint density at radius 1 is 1.11 bits per heavy atom. The fraction of sp³-hybridized carbons (Fsp3) is 0.625. The molecule has 1 atom stereocenters. The normalized spacial score (nSPS) is 12.6. The van der Waals surface area contributed by atoms with Gasteiger partial charge in [0, 0.05) is 6.61 Å². The Kier molecular flexibility index (Phi) is 7.70. The zero-order valence-corrected chi connectivity index (χ0v) is 12.0. The van der Waals surface area contributed by atoms with Gasteiger partial charge < -0.3 is 10.1 Å². The lowest BCUT2D eigenvalue weighted by Gasteiger charge is -2.17. The largest absolute Gasteiger partial charge is 0.379 e. The lowest BCUT2D eigenvalue weighted by Crippen LogP contribution is -2.22. The van der Waals surface area contributed by atoms with Gasteiger partial charge in [-0.1, -0.05) is 56.0 Å². The first-order chi connectivity index (χ1) is 8.77. The Bertz CT molecular complexity index is 307. The van der Waals surface area contributed by atoms with E-state index in [-0.39, 0.29) is 0 Å². The lowest BCUT2D eigenvalue weighted by atomic mass is 10.1. The molecule has 0 aliphatic carbocycles. The molecule has 2 nitrogen and oxygen atoms in total. The predicted molar refractivity (Wildman–Crippen MR) is 77.9 cm³/mol. The number of likely N-dealkylation sites (N-methyl/N-ethyl adjacent to an activating group) is 1. The van der Waals surface area contributed by atoms with Crippen LogP contribution in [0.5, 0.6) is 0 Å². The quantitative estimate of drug-likeness (QED) is 0.671. The first-order valence-electron chi connectivity index (χ1n) is 7.09. The van der Waals surface area contributed by atoms with Gasteiger partial charge in [-0.25, -0.2) is 0 Å². The maximum Gasteiger partial charge on any atom is 0.0661 e. The summed E-state index contributed by atoms with van der Waals surface area (Å²) in [5.74, 6) is 0. The van der Waals surface area contributed by atoms with Crippen LogP contribution in [0.15, 0.2) is 24.3 Å². The zero-order chi connectivity index (χ0) is 13.2. The first kappa shape index (κ1) is 15.2. The van der Waals surface area contributed by atoms with E-state index in [4.69, 9.17) is 4.74 Å². The van der Waals surface area contributed by atoms with E-state index in [0.29, 0.717) is 6.04 Å².